The second-order valence-electron chi connectivity index (χ2n) is 6.03. The van der Waals surface area contributed by atoms with Gasteiger partial charge in [0.15, 0.2) is 0 Å². The van der Waals surface area contributed by atoms with E-state index in [9.17, 15) is 9.59 Å². The van der Waals surface area contributed by atoms with Crippen LogP contribution < -0.4 is 4.90 Å². The van der Waals surface area contributed by atoms with Gasteiger partial charge in [-0.3, -0.25) is 9.59 Å². The maximum absolute atomic E-state index is 12.3. The highest BCUT2D eigenvalue weighted by atomic mass is 16.4. The van der Waals surface area contributed by atoms with E-state index in [4.69, 9.17) is 5.11 Å². The molecule has 0 spiro atoms. The maximum Gasteiger partial charge on any atom is 0.303 e. The first-order valence-corrected chi connectivity index (χ1v) is 8.26. The molecule has 1 N–H and O–H groups in total. The van der Waals surface area contributed by atoms with Crippen LogP contribution in [0.4, 0.5) is 5.82 Å². The highest BCUT2D eigenvalue weighted by molar-refractivity contribution is 5.93. The molecule has 1 amide bonds. The van der Waals surface area contributed by atoms with Crippen molar-refractivity contribution >= 4 is 17.7 Å². The lowest BCUT2D eigenvalue weighted by molar-refractivity contribution is -0.137. The average Bonchev–Trinajstić information content (AvgIpc) is 2.83. The number of carboxylic acid groups (broad SMARTS) is 1. The van der Waals surface area contributed by atoms with Crippen molar-refractivity contribution in [3.8, 4) is 0 Å². The molecular weight excluding hydrogens is 294 g/mol. The van der Waals surface area contributed by atoms with Gasteiger partial charge >= 0.3 is 5.97 Å². The van der Waals surface area contributed by atoms with Gasteiger partial charge in [0, 0.05) is 39.3 Å². The van der Waals surface area contributed by atoms with Gasteiger partial charge < -0.3 is 14.9 Å². The Morgan fingerprint density at radius 1 is 1.22 bits per heavy atom. The van der Waals surface area contributed by atoms with E-state index in [0.717, 1.165) is 18.9 Å². The molecule has 1 aliphatic rings. The Balaban J connectivity index is 1.92. The van der Waals surface area contributed by atoms with Gasteiger partial charge in [-0.15, -0.1) is 0 Å². The van der Waals surface area contributed by atoms with E-state index in [-0.39, 0.29) is 12.3 Å². The van der Waals surface area contributed by atoms with Gasteiger partial charge in [-0.1, -0.05) is 12.8 Å². The molecule has 1 saturated heterocycles. The van der Waals surface area contributed by atoms with Crippen molar-refractivity contribution in [3.63, 3.8) is 0 Å². The van der Waals surface area contributed by atoms with E-state index in [1.54, 1.807) is 18.1 Å². The summed E-state index contributed by atoms with van der Waals surface area (Å²) in [5, 5.41) is 8.64. The lowest BCUT2D eigenvalue weighted by atomic mass is 10.2. The molecule has 0 unspecified atom stereocenters. The Labute approximate surface area is 137 Å². The van der Waals surface area contributed by atoms with E-state index in [0.29, 0.717) is 18.5 Å². The molecule has 0 aliphatic carbocycles. The lowest BCUT2D eigenvalue weighted by Crippen LogP contribution is -2.29. The number of hydrogen-bond acceptors (Lipinski definition) is 4. The average molecular weight is 319 g/mol. The number of aliphatic carboxylic acids is 1. The molecule has 2 heterocycles. The molecule has 23 heavy (non-hydrogen) atoms. The van der Waals surface area contributed by atoms with Crippen molar-refractivity contribution in [2.75, 3.05) is 31.6 Å². The standard InChI is InChI=1S/C17H25N3O3/c1-19(10-6-7-16(21)22)17(23)14-8-9-15(18-13-14)20-11-4-2-3-5-12-20/h8-9,13H,2-7,10-12H2,1H3,(H,21,22). The first-order valence-electron chi connectivity index (χ1n) is 8.26. The third-order valence-corrected chi connectivity index (χ3v) is 4.16. The van der Waals surface area contributed by atoms with Crippen LogP contribution in [-0.4, -0.2) is 53.5 Å². The first-order chi connectivity index (χ1) is 11.1. The van der Waals surface area contributed by atoms with E-state index in [1.807, 2.05) is 12.1 Å². The lowest BCUT2D eigenvalue weighted by Gasteiger charge is -2.22. The number of amides is 1. The minimum Gasteiger partial charge on any atom is -0.481 e. The Hall–Kier alpha value is -2.11. The Morgan fingerprint density at radius 3 is 2.48 bits per heavy atom. The molecule has 1 aromatic rings. The molecule has 1 aromatic heterocycles. The highest BCUT2D eigenvalue weighted by Crippen LogP contribution is 2.17. The molecular formula is C17H25N3O3. The fourth-order valence-corrected chi connectivity index (χ4v) is 2.79. The van der Waals surface area contributed by atoms with Crippen molar-refractivity contribution in [1.29, 1.82) is 0 Å². The molecule has 126 valence electrons. The molecule has 0 radical (unpaired) electrons. The SMILES string of the molecule is CN(CCCC(=O)O)C(=O)c1ccc(N2CCCCCC2)nc1. The minimum absolute atomic E-state index is 0.0732. The summed E-state index contributed by atoms with van der Waals surface area (Å²) in [7, 11) is 1.69. The number of aromatic nitrogens is 1. The third kappa shape index (κ3) is 5.23. The van der Waals surface area contributed by atoms with Crippen molar-refractivity contribution < 1.29 is 14.7 Å². The summed E-state index contributed by atoms with van der Waals surface area (Å²) in [5.74, 6) is -0.0309. The molecule has 0 aromatic carbocycles. The molecule has 1 fully saturated rings. The van der Waals surface area contributed by atoms with Crippen LogP contribution in [0, 0.1) is 0 Å². The van der Waals surface area contributed by atoms with Crippen LogP contribution in [-0.2, 0) is 4.79 Å². The van der Waals surface area contributed by atoms with Gasteiger partial charge in [-0.2, -0.15) is 0 Å². The third-order valence-electron chi connectivity index (χ3n) is 4.16. The fraction of sp³-hybridized carbons (Fsp3) is 0.588. The molecule has 0 bridgehead atoms. The number of hydrogen-bond donors (Lipinski definition) is 1. The van der Waals surface area contributed by atoms with E-state index >= 15 is 0 Å². The van der Waals surface area contributed by atoms with Gasteiger partial charge in [-0.05, 0) is 31.4 Å². The van der Waals surface area contributed by atoms with Crippen LogP contribution in [0.25, 0.3) is 0 Å². The number of rotatable bonds is 6. The predicted octanol–water partition coefficient (Wildman–Crippen LogP) is 2.40. The van der Waals surface area contributed by atoms with E-state index in [1.165, 1.54) is 25.7 Å². The number of anilines is 1. The zero-order valence-electron chi connectivity index (χ0n) is 13.7. The van der Waals surface area contributed by atoms with Crippen LogP contribution in [0.5, 0.6) is 0 Å². The van der Waals surface area contributed by atoms with Crippen LogP contribution in [0.1, 0.15) is 48.9 Å². The van der Waals surface area contributed by atoms with Crippen LogP contribution in [0.15, 0.2) is 18.3 Å². The van der Waals surface area contributed by atoms with Gasteiger partial charge in [0.1, 0.15) is 5.82 Å². The predicted molar refractivity (Wildman–Crippen MR) is 88.7 cm³/mol. The Kier molecular flexibility index (Phi) is 6.38. The van der Waals surface area contributed by atoms with E-state index < -0.39 is 5.97 Å². The van der Waals surface area contributed by atoms with Crippen molar-refractivity contribution in [2.45, 2.75) is 38.5 Å². The topological polar surface area (TPSA) is 73.7 Å². The first kappa shape index (κ1) is 17.2. The zero-order valence-corrected chi connectivity index (χ0v) is 13.7. The van der Waals surface area contributed by atoms with Gasteiger partial charge in [0.2, 0.25) is 0 Å². The summed E-state index contributed by atoms with van der Waals surface area (Å²) in [6.07, 6.45) is 7.07. The summed E-state index contributed by atoms with van der Waals surface area (Å²) < 4.78 is 0. The zero-order chi connectivity index (χ0) is 16.7. The summed E-state index contributed by atoms with van der Waals surface area (Å²) in [5.41, 5.74) is 0.543. The van der Waals surface area contributed by atoms with Gasteiger partial charge in [0.05, 0.1) is 5.56 Å². The summed E-state index contributed by atoms with van der Waals surface area (Å²) >= 11 is 0. The highest BCUT2D eigenvalue weighted by Gasteiger charge is 2.15. The number of carbonyl (C=O) groups excluding carboxylic acids is 1. The monoisotopic (exact) mass is 319 g/mol. The quantitative estimate of drug-likeness (QED) is 0.871. The normalized spacial score (nSPS) is 15.1. The molecule has 1 aliphatic heterocycles. The molecule has 6 nitrogen and oxygen atoms in total. The van der Waals surface area contributed by atoms with Gasteiger partial charge in [-0.25, -0.2) is 4.98 Å². The number of carbonyl (C=O) groups is 2. The molecule has 0 saturated carbocycles. The maximum atomic E-state index is 12.3. The second-order valence-corrected chi connectivity index (χ2v) is 6.03. The van der Waals surface area contributed by atoms with Crippen molar-refractivity contribution in [2.24, 2.45) is 0 Å². The molecule has 0 atom stereocenters. The minimum atomic E-state index is -0.839. The molecule has 6 heteroatoms. The molecule has 2 rings (SSSR count). The van der Waals surface area contributed by atoms with Crippen LogP contribution in [0.3, 0.4) is 0 Å². The summed E-state index contributed by atoms with van der Waals surface area (Å²) in [4.78, 5) is 31.1. The van der Waals surface area contributed by atoms with Crippen molar-refractivity contribution in [1.82, 2.24) is 9.88 Å². The largest absolute Gasteiger partial charge is 0.481 e. The summed E-state index contributed by atoms with van der Waals surface area (Å²) in [6, 6.07) is 3.72. The van der Waals surface area contributed by atoms with Crippen molar-refractivity contribution in [3.05, 3.63) is 23.9 Å². The number of pyridine rings is 1. The number of carboxylic acids is 1. The second kappa shape index (κ2) is 8.50. The van der Waals surface area contributed by atoms with Crippen LogP contribution in [0.2, 0.25) is 0 Å². The number of nitrogens with zero attached hydrogens (tertiary/aromatic N) is 3. The fourth-order valence-electron chi connectivity index (χ4n) is 2.79. The smallest absolute Gasteiger partial charge is 0.303 e. The van der Waals surface area contributed by atoms with Gasteiger partial charge in [0.25, 0.3) is 5.91 Å². The van der Waals surface area contributed by atoms with Crippen LogP contribution >= 0.6 is 0 Å². The summed E-state index contributed by atoms with van der Waals surface area (Å²) in [6.45, 7) is 2.48. The Bertz CT molecular complexity index is 522. The van der Waals surface area contributed by atoms with E-state index in [2.05, 4.69) is 9.88 Å². The Morgan fingerprint density at radius 2 is 1.91 bits per heavy atom.